The third-order valence-electron chi connectivity index (χ3n) is 2.94. The molecule has 0 aliphatic rings. The van der Waals surface area contributed by atoms with E-state index in [1.54, 1.807) is 18.3 Å². The number of nitrogens with one attached hydrogen (secondary N) is 1. The molecule has 0 aliphatic heterocycles. The first kappa shape index (κ1) is 14.5. The highest BCUT2D eigenvalue weighted by Gasteiger charge is 2.10. The van der Waals surface area contributed by atoms with Crippen molar-refractivity contribution in [3.8, 4) is 0 Å². The average molecular weight is 290 g/mol. The molecule has 0 fully saturated rings. The number of rotatable bonds is 5. The van der Waals surface area contributed by atoms with Crippen LogP contribution in [0.2, 0.25) is 5.15 Å². The van der Waals surface area contributed by atoms with E-state index in [1.807, 2.05) is 30.3 Å². The van der Waals surface area contributed by atoms with Crippen molar-refractivity contribution in [2.75, 3.05) is 5.32 Å². The number of benzene rings is 1. The fraction of sp³-hybridized carbons (Fsp3) is 0.200. The number of hydrogen-bond acceptors (Lipinski definition) is 3. The van der Waals surface area contributed by atoms with Crippen LogP contribution in [0.15, 0.2) is 48.7 Å². The molecular formula is C15H16ClN3O. The van der Waals surface area contributed by atoms with Gasteiger partial charge in [-0.2, -0.15) is 0 Å². The Morgan fingerprint density at radius 2 is 2.00 bits per heavy atom. The second kappa shape index (κ2) is 7.03. The Kier molecular flexibility index (Phi) is 5.09. The molecule has 1 aromatic heterocycles. The first-order chi connectivity index (χ1) is 9.66. The van der Waals surface area contributed by atoms with Crippen molar-refractivity contribution in [1.82, 2.24) is 4.98 Å². The topological polar surface area (TPSA) is 68.0 Å². The molecule has 0 spiro atoms. The van der Waals surface area contributed by atoms with Gasteiger partial charge in [0.05, 0.1) is 5.69 Å². The quantitative estimate of drug-likeness (QED) is 0.831. The van der Waals surface area contributed by atoms with Crippen molar-refractivity contribution >= 4 is 23.2 Å². The number of amides is 1. The second-order valence-corrected chi connectivity index (χ2v) is 4.80. The molecule has 1 unspecified atom stereocenters. The Morgan fingerprint density at radius 1 is 1.25 bits per heavy atom. The predicted octanol–water partition coefficient (Wildman–Crippen LogP) is 3.15. The van der Waals surface area contributed by atoms with Crippen LogP contribution >= 0.6 is 11.6 Å². The van der Waals surface area contributed by atoms with E-state index in [2.05, 4.69) is 10.3 Å². The van der Waals surface area contributed by atoms with E-state index in [0.29, 0.717) is 18.5 Å². The molecule has 0 aliphatic carbocycles. The van der Waals surface area contributed by atoms with E-state index in [-0.39, 0.29) is 17.1 Å². The smallest absolute Gasteiger partial charge is 0.224 e. The minimum absolute atomic E-state index is 0.119. The van der Waals surface area contributed by atoms with Gasteiger partial charge in [0.15, 0.2) is 5.15 Å². The third kappa shape index (κ3) is 4.05. The van der Waals surface area contributed by atoms with Gasteiger partial charge in [0.2, 0.25) is 5.91 Å². The monoisotopic (exact) mass is 289 g/mol. The van der Waals surface area contributed by atoms with E-state index in [9.17, 15) is 4.79 Å². The summed E-state index contributed by atoms with van der Waals surface area (Å²) in [6, 6.07) is 13.0. The highest BCUT2D eigenvalue weighted by molar-refractivity contribution is 6.32. The summed E-state index contributed by atoms with van der Waals surface area (Å²) in [4.78, 5) is 15.7. The lowest BCUT2D eigenvalue weighted by atomic mass is 10.0. The lowest BCUT2D eigenvalue weighted by molar-refractivity contribution is -0.116. The maximum Gasteiger partial charge on any atom is 0.224 e. The SMILES string of the molecule is NC(CCC(=O)Nc1cccnc1Cl)c1ccccc1. The summed E-state index contributed by atoms with van der Waals surface area (Å²) in [5.41, 5.74) is 7.60. The van der Waals surface area contributed by atoms with E-state index in [4.69, 9.17) is 17.3 Å². The van der Waals surface area contributed by atoms with Crippen LogP contribution in [0, 0.1) is 0 Å². The Bertz CT molecular complexity index is 574. The number of hydrogen-bond donors (Lipinski definition) is 2. The largest absolute Gasteiger partial charge is 0.324 e. The summed E-state index contributed by atoms with van der Waals surface area (Å²) in [6.45, 7) is 0. The van der Waals surface area contributed by atoms with Crippen LogP contribution in [0.5, 0.6) is 0 Å². The van der Waals surface area contributed by atoms with Crippen LogP contribution in [0.1, 0.15) is 24.4 Å². The molecule has 1 heterocycles. The first-order valence-electron chi connectivity index (χ1n) is 6.37. The zero-order chi connectivity index (χ0) is 14.4. The normalized spacial score (nSPS) is 11.9. The fourth-order valence-corrected chi connectivity index (χ4v) is 2.01. The average Bonchev–Trinajstić information content (AvgIpc) is 2.48. The summed E-state index contributed by atoms with van der Waals surface area (Å²) >= 11 is 5.88. The van der Waals surface area contributed by atoms with E-state index < -0.39 is 0 Å². The number of aromatic nitrogens is 1. The highest BCUT2D eigenvalue weighted by Crippen LogP contribution is 2.19. The van der Waals surface area contributed by atoms with Crippen molar-refractivity contribution < 1.29 is 4.79 Å². The molecule has 20 heavy (non-hydrogen) atoms. The van der Waals surface area contributed by atoms with Gasteiger partial charge >= 0.3 is 0 Å². The third-order valence-corrected chi connectivity index (χ3v) is 3.24. The number of nitrogens with zero attached hydrogens (tertiary/aromatic N) is 1. The maximum atomic E-state index is 11.8. The lowest BCUT2D eigenvalue weighted by Gasteiger charge is -2.12. The molecule has 4 nitrogen and oxygen atoms in total. The van der Waals surface area contributed by atoms with Crippen LogP contribution in [0.4, 0.5) is 5.69 Å². The molecule has 5 heteroatoms. The molecular weight excluding hydrogens is 274 g/mol. The van der Waals surface area contributed by atoms with E-state index in [1.165, 1.54) is 0 Å². The molecule has 0 bridgehead atoms. The lowest BCUT2D eigenvalue weighted by Crippen LogP contribution is -2.16. The van der Waals surface area contributed by atoms with Gasteiger partial charge in [0.25, 0.3) is 0 Å². The number of carbonyl (C=O) groups is 1. The van der Waals surface area contributed by atoms with E-state index in [0.717, 1.165) is 5.56 Å². The predicted molar refractivity (Wildman–Crippen MR) is 80.5 cm³/mol. The van der Waals surface area contributed by atoms with Crippen LogP contribution in [-0.2, 0) is 4.79 Å². The summed E-state index contributed by atoms with van der Waals surface area (Å²) < 4.78 is 0. The summed E-state index contributed by atoms with van der Waals surface area (Å²) in [5.74, 6) is -0.119. The summed E-state index contributed by atoms with van der Waals surface area (Å²) in [5, 5.41) is 3.01. The van der Waals surface area contributed by atoms with E-state index >= 15 is 0 Å². The zero-order valence-electron chi connectivity index (χ0n) is 10.9. The van der Waals surface area contributed by atoms with Gasteiger partial charge in [-0.05, 0) is 24.1 Å². The molecule has 1 amide bonds. The number of anilines is 1. The highest BCUT2D eigenvalue weighted by atomic mass is 35.5. The molecule has 2 rings (SSSR count). The van der Waals surface area contributed by atoms with Gasteiger partial charge in [-0.3, -0.25) is 4.79 Å². The number of carbonyl (C=O) groups excluding carboxylic acids is 1. The molecule has 1 atom stereocenters. The van der Waals surface area contributed by atoms with Gasteiger partial charge in [-0.25, -0.2) is 4.98 Å². The van der Waals surface area contributed by atoms with Gasteiger partial charge in [0, 0.05) is 18.7 Å². The van der Waals surface area contributed by atoms with Gasteiger partial charge in [0.1, 0.15) is 0 Å². The molecule has 1 aromatic carbocycles. The summed E-state index contributed by atoms with van der Waals surface area (Å²) in [7, 11) is 0. The second-order valence-electron chi connectivity index (χ2n) is 4.45. The van der Waals surface area contributed by atoms with Crippen LogP contribution in [0.3, 0.4) is 0 Å². The molecule has 2 aromatic rings. The van der Waals surface area contributed by atoms with Crippen LogP contribution < -0.4 is 11.1 Å². The molecule has 0 saturated heterocycles. The minimum Gasteiger partial charge on any atom is -0.324 e. The van der Waals surface area contributed by atoms with Crippen molar-refractivity contribution in [1.29, 1.82) is 0 Å². The Balaban J connectivity index is 1.85. The molecule has 0 saturated carbocycles. The maximum absolute atomic E-state index is 11.8. The van der Waals surface area contributed by atoms with Crippen LogP contribution in [0.25, 0.3) is 0 Å². The standard InChI is InChI=1S/C15H16ClN3O/c16-15-13(7-4-10-18-15)19-14(20)9-8-12(17)11-5-2-1-3-6-11/h1-7,10,12H,8-9,17H2,(H,19,20). The zero-order valence-corrected chi connectivity index (χ0v) is 11.7. The fourth-order valence-electron chi connectivity index (χ4n) is 1.85. The van der Waals surface area contributed by atoms with Gasteiger partial charge in [-0.1, -0.05) is 41.9 Å². The molecule has 3 N–H and O–H groups in total. The van der Waals surface area contributed by atoms with Gasteiger partial charge < -0.3 is 11.1 Å². The number of halogens is 1. The van der Waals surface area contributed by atoms with Crippen molar-refractivity contribution in [2.24, 2.45) is 5.73 Å². The van der Waals surface area contributed by atoms with Gasteiger partial charge in [-0.15, -0.1) is 0 Å². The summed E-state index contributed by atoms with van der Waals surface area (Å²) in [6.07, 6.45) is 2.48. The molecule has 0 radical (unpaired) electrons. The van der Waals surface area contributed by atoms with Crippen molar-refractivity contribution in [3.05, 3.63) is 59.4 Å². The van der Waals surface area contributed by atoms with Crippen LogP contribution in [-0.4, -0.2) is 10.9 Å². The Labute approximate surface area is 123 Å². The first-order valence-corrected chi connectivity index (χ1v) is 6.75. The van der Waals surface area contributed by atoms with Crippen molar-refractivity contribution in [3.63, 3.8) is 0 Å². The number of pyridine rings is 1. The number of nitrogens with two attached hydrogens (primary N) is 1. The van der Waals surface area contributed by atoms with Crippen molar-refractivity contribution in [2.45, 2.75) is 18.9 Å². The minimum atomic E-state index is -0.147. The molecule has 104 valence electrons. The Morgan fingerprint density at radius 3 is 2.70 bits per heavy atom. The Hall–Kier alpha value is -1.91.